The van der Waals surface area contributed by atoms with E-state index in [-0.39, 0.29) is 24.9 Å². The van der Waals surface area contributed by atoms with Crippen molar-refractivity contribution in [3.63, 3.8) is 0 Å². The molecule has 0 aliphatic heterocycles. The van der Waals surface area contributed by atoms with Crippen LogP contribution in [0.25, 0.3) is 0 Å². The van der Waals surface area contributed by atoms with E-state index in [4.69, 9.17) is 4.42 Å². The zero-order chi connectivity index (χ0) is 16.7. The van der Waals surface area contributed by atoms with Gasteiger partial charge in [0.1, 0.15) is 11.6 Å². The summed E-state index contributed by atoms with van der Waals surface area (Å²) in [6, 6.07) is 7.02. The van der Waals surface area contributed by atoms with Crippen molar-refractivity contribution in [3.8, 4) is 0 Å². The van der Waals surface area contributed by atoms with Gasteiger partial charge in [-0.3, -0.25) is 14.5 Å². The molecule has 0 fully saturated rings. The molecule has 2 rings (SSSR count). The molecule has 2 N–H and O–H groups in total. The molecular weight excluding hydrogens is 364 g/mol. The number of aromatic nitrogens is 1. The first-order valence-corrected chi connectivity index (χ1v) is 7.71. The van der Waals surface area contributed by atoms with Gasteiger partial charge in [-0.05, 0) is 47.2 Å². The third-order valence-corrected chi connectivity index (χ3v) is 3.33. The Morgan fingerprint density at radius 3 is 2.70 bits per heavy atom. The van der Waals surface area contributed by atoms with Gasteiger partial charge in [-0.2, -0.15) is 0 Å². The van der Waals surface area contributed by atoms with Gasteiger partial charge in [0.15, 0.2) is 0 Å². The van der Waals surface area contributed by atoms with E-state index < -0.39 is 0 Å². The summed E-state index contributed by atoms with van der Waals surface area (Å²) >= 11 is 3.27. The van der Waals surface area contributed by atoms with Gasteiger partial charge in [-0.1, -0.05) is 0 Å². The minimum absolute atomic E-state index is 0.0892. The lowest BCUT2D eigenvalue weighted by Crippen LogP contribution is -2.38. The third-order valence-electron chi connectivity index (χ3n) is 2.86. The molecule has 23 heavy (non-hydrogen) atoms. The summed E-state index contributed by atoms with van der Waals surface area (Å²) in [7, 11) is 1.70. The molecule has 2 heterocycles. The van der Waals surface area contributed by atoms with Crippen molar-refractivity contribution in [3.05, 3.63) is 47.0 Å². The highest BCUT2D eigenvalue weighted by Crippen LogP contribution is 2.10. The normalized spacial score (nSPS) is 10.6. The fourth-order valence-electron chi connectivity index (χ4n) is 1.83. The zero-order valence-corrected chi connectivity index (χ0v) is 14.2. The largest absolute Gasteiger partial charge is 0.467 e. The molecule has 2 aromatic heterocycles. The molecule has 0 radical (unpaired) electrons. The fourth-order valence-corrected chi connectivity index (χ4v) is 2.07. The van der Waals surface area contributed by atoms with Crippen molar-refractivity contribution in [1.82, 2.24) is 15.2 Å². The Bertz CT molecular complexity index is 643. The highest BCUT2D eigenvalue weighted by Gasteiger charge is 2.11. The SMILES string of the molecule is CN(CC(=O)NCc1ccco1)CC(=O)Nc1ccc(Br)cn1. The highest BCUT2D eigenvalue weighted by atomic mass is 79.9. The lowest BCUT2D eigenvalue weighted by atomic mass is 10.4. The number of likely N-dealkylation sites (N-methyl/N-ethyl adjacent to an activating group) is 1. The third kappa shape index (κ3) is 6.21. The van der Waals surface area contributed by atoms with Crippen LogP contribution in [0.5, 0.6) is 0 Å². The van der Waals surface area contributed by atoms with Crippen LogP contribution >= 0.6 is 15.9 Å². The number of rotatable bonds is 7. The van der Waals surface area contributed by atoms with Crippen LogP contribution in [-0.2, 0) is 16.1 Å². The number of carbonyl (C=O) groups excluding carboxylic acids is 2. The smallest absolute Gasteiger partial charge is 0.239 e. The van der Waals surface area contributed by atoms with Crippen molar-refractivity contribution >= 4 is 33.6 Å². The van der Waals surface area contributed by atoms with Crippen molar-refractivity contribution in [2.24, 2.45) is 0 Å². The van der Waals surface area contributed by atoms with Gasteiger partial charge < -0.3 is 15.1 Å². The van der Waals surface area contributed by atoms with Gasteiger partial charge in [0.25, 0.3) is 0 Å². The van der Waals surface area contributed by atoms with Crippen LogP contribution in [0.2, 0.25) is 0 Å². The number of hydrogen-bond acceptors (Lipinski definition) is 5. The predicted octanol–water partition coefficient (Wildman–Crippen LogP) is 1.62. The van der Waals surface area contributed by atoms with Gasteiger partial charge in [0.05, 0.1) is 25.9 Å². The van der Waals surface area contributed by atoms with Crippen molar-refractivity contribution < 1.29 is 14.0 Å². The summed E-state index contributed by atoms with van der Waals surface area (Å²) in [5.41, 5.74) is 0. The lowest BCUT2D eigenvalue weighted by molar-refractivity contribution is -0.123. The molecule has 0 aromatic carbocycles. The zero-order valence-electron chi connectivity index (χ0n) is 12.6. The van der Waals surface area contributed by atoms with E-state index >= 15 is 0 Å². The average molecular weight is 381 g/mol. The number of nitrogens with one attached hydrogen (secondary N) is 2. The number of amides is 2. The van der Waals surface area contributed by atoms with E-state index in [9.17, 15) is 9.59 Å². The van der Waals surface area contributed by atoms with E-state index in [1.807, 2.05) is 0 Å². The van der Waals surface area contributed by atoms with Crippen LogP contribution in [0, 0.1) is 0 Å². The van der Waals surface area contributed by atoms with E-state index in [0.717, 1.165) is 4.47 Å². The molecule has 0 unspecified atom stereocenters. The summed E-state index contributed by atoms with van der Waals surface area (Å²) in [6.45, 7) is 0.530. The van der Waals surface area contributed by atoms with Gasteiger partial charge in [-0.25, -0.2) is 4.98 Å². The maximum atomic E-state index is 11.9. The summed E-state index contributed by atoms with van der Waals surface area (Å²) in [4.78, 5) is 29.3. The quantitative estimate of drug-likeness (QED) is 0.761. The number of anilines is 1. The molecule has 0 saturated carbocycles. The number of furan rings is 1. The van der Waals surface area contributed by atoms with Crippen LogP contribution in [-0.4, -0.2) is 41.8 Å². The summed E-state index contributed by atoms with van der Waals surface area (Å²) in [5, 5.41) is 5.39. The lowest BCUT2D eigenvalue weighted by Gasteiger charge is -2.15. The highest BCUT2D eigenvalue weighted by molar-refractivity contribution is 9.10. The first-order chi connectivity index (χ1) is 11.0. The second-order valence-electron chi connectivity index (χ2n) is 4.94. The summed E-state index contributed by atoms with van der Waals surface area (Å²) in [6.07, 6.45) is 3.15. The molecule has 0 aliphatic rings. The molecule has 0 spiro atoms. The first-order valence-electron chi connectivity index (χ1n) is 6.92. The van der Waals surface area contributed by atoms with Gasteiger partial charge in [0.2, 0.25) is 11.8 Å². The van der Waals surface area contributed by atoms with Gasteiger partial charge in [0, 0.05) is 10.7 Å². The van der Waals surface area contributed by atoms with Crippen molar-refractivity contribution in [2.75, 3.05) is 25.5 Å². The maximum Gasteiger partial charge on any atom is 0.239 e. The molecule has 0 saturated heterocycles. The number of carbonyl (C=O) groups is 2. The fraction of sp³-hybridized carbons (Fsp3) is 0.267. The van der Waals surface area contributed by atoms with Crippen molar-refractivity contribution in [2.45, 2.75) is 6.54 Å². The first kappa shape index (κ1) is 17.2. The van der Waals surface area contributed by atoms with Crippen LogP contribution in [0.3, 0.4) is 0 Å². The van der Waals surface area contributed by atoms with E-state index in [2.05, 4.69) is 31.5 Å². The Hall–Kier alpha value is -2.19. The number of hydrogen-bond donors (Lipinski definition) is 2. The summed E-state index contributed by atoms with van der Waals surface area (Å²) in [5.74, 6) is 0.730. The Labute approximate surface area is 142 Å². The van der Waals surface area contributed by atoms with Gasteiger partial charge >= 0.3 is 0 Å². The van der Waals surface area contributed by atoms with Crippen LogP contribution in [0.1, 0.15) is 5.76 Å². The molecule has 0 atom stereocenters. The summed E-state index contributed by atoms with van der Waals surface area (Å²) < 4.78 is 5.96. The Kier molecular flexibility index (Phi) is 6.30. The van der Waals surface area contributed by atoms with E-state index in [1.54, 1.807) is 48.7 Å². The molecule has 2 aromatic rings. The maximum absolute atomic E-state index is 11.9. The van der Waals surface area contributed by atoms with Crippen molar-refractivity contribution in [1.29, 1.82) is 0 Å². The molecule has 0 bridgehead atoms. The van der Waals surface area contributed by atoms with E-state index in [0.29, 0.717) is 18.1 Å². The molecule has 0 aliphatic carbocycles. The standard InChI is InChI=1S/C15H17BrN4O3/c1-20(9-14(21)18-8-12-3-2-6-23-12)10-15(22)19-13-5-4-11(16)7-17-13/h2-7H,8-10H2,1H3,(H,18,21)(H,17,19,22). The topological polar surface area (TPSA) is 87.5 Å². The second-order valence-corrected chi connectivity index (χ2v) is 5.85. The van der Waals surface area contributed by atoms with Crippen LogP contribution < -0.4 is 10.6 Å². The van der Waals surface area contributed by atoms with Gasteiger partial charge in [-0.15, -0.1) is 0 Å². The number of nitrogens with zero attached hydrogens (tertiary/aromatic N) is 2. The van der Waals surface area contributed by atoms with E-state index in [1.165, 1.54) is 0 Å². The van der Waals surface area contributed by atoms with Crippen LogP contribution in [0.15, 0.2) is 45.6 Å². The average Bonchev–Trinajstić information content (AvgIpc) is 3.00. The molecule has 2 amide bonds. The molecule has 7 nitrogen and oxygen atoms in total. The monoisotopic (exact) mass is 380 g/mol. The Morgan fingerprint density at radius 2 is 2.04 bits per heavy atom. The molecule has 122 valence electrons. The van der Waals surface area contributed by atoms with Crippen LogP contribution in [0.4, 0.5) is 5.82 Å². The second kappa shape index (κ2) is 8.44. The minimum Gasteiger partial charge on any atom is -0.467 e. The molecule has 8 heteroatoms. The molecular formula is C15H17BrN4O3. The number of pyridine rings is 1. The number of halogens is 1. The minimum atomic E-state index is -0.235. The Balaban J connectivity index is 1.70. The predicted molar refractivity (Wildman–Crippen MR) is 88.6 cm³/mol. The Morgan fingerprint density at radius 1 is 1.26 bits per heavy atom.